The van der Waals surface area contributed by atoms with Crippen molar-refractivity contribution in [3.8, 4) is 16.9 Å². The van der Waals surface area contributed by atoms with Crippen molar-refractivity contribution in [1.82, 2.24) is 0 Å². The summed E-state index contributed by atoms with van der Waals surface area (Å²) in [6.45, 7) is 1.90. The van der Waals surface area contributed by atoms with E-state index in [0.29, 0.717) is 5.56 Å². The van der Waals surface area contributed by atoms with E-state index in [1.54, 1.807) is 23.1 Å². The lowest BCUT2D eigenvalue weighted by Gasteiger charge is -2.37. The second-order valence-corrected chi connectivity index (χ2v) is 6.15. The van der Waals surface area contributed by atoms with E-state index in [-0.39, 0.29) is 23.5 Å². The van der Waals surface area contributed by atoms with Crippen LogP contribution in [0.3, 0.4) is 0 Å². The molecule has 1 aliphatic rings. The highest BCUT2D eigenvalue weighted by Crippen LogP contribution is 2.45. The van der Waals surface area contributed by atoms with Gasteiger partial charge in [-0.3, -0.25) is 4.79 Å². The molecule has 0 saturated heterocycles. The average molecular weight is 333 g/mol. The Morgan fingerprint density at radius 1 is 1.00 bits per heavy atom. The van der Waals surface area contributed by atoms with Crippen LogP contribution in [0.4, 0.5) is 10.1 Å². The number of rotatable bonds is 1. The van der Waals surface area contributed by atoms with Crippen LogP contribution >= 0.6 is 0 Å². The zero-order chi connectivity index (χ0) is 17.6. The van der Waals surface area contributed by atoms with Crippen LogP contribution in [-0.2, 0) is 0 Å². The van der Waals surface area contributed by atoms with Gasteiger partial charge in [-0.25, -0.2) is 4.39 Å². The van der Waals surface area contributed by atoms with Crippen LogP contribution in [-0.4, -0.2) is 11.0 Å². The Balaban J connectivity index is 1.88. The summed E-state index contributed by atoms with van der Waals surface area (Å²) in [7, 11) is 0. The maximum absolute atomic E-state index is 13.8. The molecule has 0 fully saturated rings. The Bertz CT molecular complexity index is 966. The Hall–Kier alpha value is -3.14. The second kappa shape index (κ2) is 5.74. The molecule has 3 aromatic rings. The Labute approximate surface area is 145 Å². The number of fused-ring (bicyclic) bond motifs is 3. The molecular formula is C21H16FNO2. The first kappa shape index (κ1) is 15.4. The third-order valence-corrected chi connectivity index (χ3v) is 4.64. The number of halogens is 1. The van der Waals surface area contributed by atoms with Crippen LogP contribution in [0.1, 0.15) is 28.9 Å². The molecule has 3 aromatic carbocycles. The third-order valence-electron chi connectivity index (χ3n) is 4.64. The number of nitrogens with zero attached hydrogens (tertiary/aromatic N) is 1. The van der Waals surface area contributed by atoms with Gasteiger partial charge in [-0.2, -0.15) is 0 Å². The fourth-order valence-electron chi connectivity index (χ4n) is 3.41. The molecule has 0 aliphatic carbocycles. The normalized spacial score (nSPS) is 15.4. The van der Waals surface area contributed by atoms with E-state index < -0.39 is 0 Å². The number of carbonyl (C=O) groups excluding carboxylic acids is 1. The zero-order valence-electron chi connectivity index (χ0n) is 13.6. The van der Waals surface area contributed by atoms with E-state index >= 15 is 0 Å². The SMILES string of the molecule is C[C@@H]1c2cc(F)ccc2-c2ccccc2N1C(=O)c1ccc(O)cc1. The van der Waals surface area contributed by atoms with Crippen molar-refractivity contribution in [3.05, 3.63) is 83.7 Å². The summed E-state index contributed by atoms with van der Waals surface area (Å²) < 4.78 is 13.8. The summed E-state index contributed by atoms with van der Waals surface area (Å²) in [4.78, 5) is 14.8. The van der Waals surface area contributed by atoms with Crippen LogP contribution in [0.5, 0.6) is 5.75 Å². The lowest BCUT2D eigenvalue weighted by molar-refractivity contribution is 0.0978. The molecule has 4 rings (SSSR count). The molecular weight excluding hydrogens is 317 g/mol. The predicted molar refractivity (Wildman–Crippen MR) is 95.2 cm³/mol. The Morgan fingerprint density at radius 2 is 1.72 bits per heavy atom. The summed E-state index contributed by atoms with van der Waals surface area (Å²) in [6.07, 6.45) is 0. The molecule has 1 amide bonds. The van der Waals surface area contributed by atoms with E-state index in [4.69, 9.17) is 0 Å². The van der Waals surface area contributed by atoms with Gasteiger partial charge in [0.1, 0.15) is 11.6 Å². The average Bonchev–Trinajstić information content (AvgIpc) is 2.62. The fourth-order valence-corrected chi connectivity index (χ4v) is 3.41. The third kappa shape index (κ3) is 2.47. The number of phenols is 1. The second-order valence-electron chi connectivity index (χ2n) is 6.15. The molecule has 124 valence electrons. The quantitative estimate of drug-likeness (QED) is 0.687. The number of para-hydroxylation sites is 1. The van der Waals surface area contributed by atoms with Crippen LogP contribution in [0.15, 0.2) is 66.7 Å². The maximum atomic E-state index is 13.8. The number of hydrogen-bond acceptors (Lipinski definition) is 2. The Morgan fingerprint density at radius 3 is 2.48 bits per heavy atom. The molecule has 4 heteroatoms. The molecule has 3 nitrogen and oxygen atoms in total. The van der Waals surface area contributed by atoms with E-state index in [2.05, 4.69) is 0 Å². The van der Waals surface area contributed by atoms with Gasteiger partial charge in [-0.05, 0) is 60.5 Å². The molecule has 0 radical (unpaired) electrons. The number of hydrogen-bond donors (Lipinski definition) is 1. The molecule has 0 bridgehead atoms. The lowest BCUT2D eigenvalue weighted by Crippen LogP contribution is -2.36. The van der Waals surface area contributed by atoms with E-state index in [1.165, 1.54) is 24.3 Å². The van der Waals surface area contributed by atoms with Gasteiger partial charge in [0.05, 0.1) is 11.7 Å². The minimum Gasteiger partial charge on any atom is -0.508 e. The molecule has 1 aliphatic heterocycles. The van der Waals surface area contributed by atoms with Gasteiger partial charge in [0.25, 0.3) is 5.91 Å². The molecule has 0 saturated carbocycles. The minimum atomic E-state index is -0.318. The molecule has 0 aromatic heterocycles. The predicted octanol–water partition coefficient (Wildman–Crippen LogP) is 4.92. The van der Waals surface area contributed by atoms with Crippen molar-refractivity contribution in [2.24, 2.45) is 0 Å². The highest BCUT2D eigenvalue weighted by Gasteiger charge is 2.32. The fraction of sp³-hybridized carbons (Fsp3) is 0.0952. The highest BCUT2D eigenvalue weighted by atomic mass is 19.1. The maximum Gasteiger partial charge on any atom is 0.258 e. The summed E-state index contributed by atoms with van der Waals surface area (Å²) >= 11 is 0. The van der Waals surface area contributed by atoms with E-state index in [9.17, 15) is 14.3 Å². The van der Waals surface area contributed by atoms with Crippen molar-refractivity contribution in [2.45, 2.75) is 13.0 Å². The van der Waals surface area contributed by atoms with Crippen molar-refractivity contribution in [3.63, 3.8) is 0 Å². The van der Waals surface area contributed by atoms with Crippen molar-refractivity contribution in [1.29, 1.82) is 0 Å². The summed E-state index contributed by atoms with van der Waals surface area (Å²) in [6, 6.07) is 18.2. The topological polar surface area (TPSA) is 40.5 Å². The first-order valence-corrected chi connectivity index (χ1v) is 8.07. The first-order valence-electron chi connectivity index (χ1n) is 8.07. The van der Waals surface area contributed by atoms with Gasteiger partial charge in [0.2, 0.25) is 0 Å². The van der Waals surface area contributed by atoms with E-state index in [1.807, 2.05) is 31.2 Å². The highest BCUT2D eigenvalue weighted by molar-refractivity contribution is 6.10. The van der Waals surface area contributed by atoms with Crippen LogP contribution < -0.4 is 4.90 Å². The summed E-state index contributed by atoms with van der Waals surface area (Å²) in [5.74, 6) is -0.395. The van der Waals surface area contributed by atoms with Gasteiger partial charge in [0, 0.05) is 11.1 Å². The number of carbonyl (C=O) groups is 1. The molecule has 0 spiro atoms. The summed E-state index contributed by atoms with van der Waals surface area (Å²) in [5.41, 5.74) is 3.90. The molecule has 25 heavy (non-hydrogen) atoms. The smallest absolute Gasteiger partial charge is 0.258 e. The van der Waals surface area contributed by atoms with Gasteiger partial charge < -0.3 is 10.0 Å². The minimum absolute atomic E-state index is 0.107. The van der Waals surface area contributed by atoms with E-state index in [0.717, 1.165) is 22.4 Å². The van der Waals surface area contributed by atoms with Gasteiger partial charge in [-0.15, -0.1) is 0 Å². The van der Waals surface area contributed by atoms with Crippen molar-refractivity contribution >= 4 is 11.6 Å². The number of amides is 1. The van der Waals surface area contributed by atoms with Crippen LogP contribution in [0.25, 0.3) is 11.1 Å². The number of benzene rings is 3. The molecule has 1 heterocycles. The molecule has 0 unspecified atom stereocenters. The van der Waals surface area contributed by atoms with Gasteiger partial charge >= 0.3 is 0 Å². The van der Waals surface area contributed by atoms with Crippen molar-refractivity contribution < 1.29 is 14.3 Å². The largest absolute Gasteiger partial charge is 0.508 e. The van der Waals surface area contributed by atoms with Crippen LogP contribution in [0, 0.1) is 5.82 Å². The standard InChI is InChI=1S/C21H16FNO2/c1-13-19-12-15(22)8-11-17(19)18-4-2-3-5-20(18)23(13)21(25)14-6-9-16(24)10-7-14/h2-13,24H,1H3/t13-/m1/s1. The first-order chi connectivity index (χ1) is 12.1. The van der Waals surface area contributed by atoms with Gasteiger partial charge in [-0.1, -0.05) is 24.3 Å². The number of phenolic OH excluding ortho intramolecular Hbond substituents is 1. The van der Waals surface area contributed by atoms with Crippen LogP contribution in [0.2, 0.25) is 0 Å². The lowest BCUT2D eigenvalue weighted by atomic mass is 9.88. The number of aromatic hydroxyl groups is 1. The zero-order valence-corrected chi connectivity index (χ0v) is 13.6. The van der Waals surface area contributed by atoms with Gasteiger partial charge in [0.15, 0.2) is 0 Å². The van der Waals surface area contributed by atoms with Crippen molar-refractivity contribution in [2.75, 3.05) is 4.90 Å². The number of anilines is 1. The Kier molecular flexibility index (Phi) is 3.53. The molecule has 1 N–H and O–H groups in total. The summed E-state index contributed by atoms with van der Waals surface area (Å²) in [5, 5.41) is 9.45. The monoisotopic (exact) mass is 333 g/mol. The molecule has 1 atom stereocenters.